The minimum absolute atomic E-state index is 0.104. The Hall–Kier alpha value is -2.52. The summed E-state index contributed by atoms with van der Waals surface area (Å²) < 4.78 is 21.1. The second kappa shape index (κ2) is 11.5. The van der Waals surface area contributed by atoms with Crippen LogP contribution in [-0.4, -0.2) is 83.6 Å². The monoisotopic (exact) mass is 487 g/mol. The number of rotatable bonds is 10. The first-order chi connectivity index (χ1) is 16.9. The molecule has 3 heterocycles. The zero-order valence-electron chi connectivity index (χ0n) is 21.1. The van der Waals surface area contributed by atoms with Crippen LogP contribution in [0.5, 0.6) is 0 Å². The van der Waals surface area contributed by atoms with Crippen LogP contribution in [0, 0.1) is 17.7 Å². The molecule has 4 rings (SSSR count). The lowest BCUT2D eigenvalue weighted by atomic mass is 9.92. The number of likely N-dealkylation sites (tertiary alicyclic amines) is 1. The maximum atomic E-state index is 14.0. The Kier molecular flexibility index (Phi) is 8.38. The van der Waals surface area contributed by atoms with Gasteiger partial charge in [0.05, 0.1) is 17.0 Å². The summed E-state index contributed by atoms with van der Waals surface area (Å²) in [4.78, 5) is 35.3. The second-order valence-electron chi connectivity index (χ2n) is 10.2. The number of fused-ring (bicyclic) bond motifs is 1. The Bertz CT molecular complexity index is 1040. The number of benzene rings is 1. The van der Waals surface area contributed by atoms with E-state index in [4.69, 9.17) is 4.74 Å². The number of aromatic nitrogens is 2. The van der Waals surface area contributed by atoms with Crippen LogP contribution in [0.3, 0.4) is 0 Å². The molecule has 2 unspecified atom stereocenters. The van der Waals surface area contributed by atoms with Gasteiger partial charge in [0.1, 0.15) is 5.82 Å². The normalized spacial score (nSPS) is 20.3. The Morgan fingerprint density at radius 2 is 2.06 bits per heavy atom. The van der Waals surface area contributed by atoms with E-state index in [9.17, 15) is 14.0 Å². The van der Waals surface area contributed by atoms with Gasteiger partial charge < -0.3 is 24.4 Å². The number of ether oxygens (including phenoxy) is 1. The Balaban J connectivity index is 1.61. The third-order valence-corrected chi connectivity index (χ3v) is 6.99. The minimum atomic E-state index is -0.372. The van der Waals surface area contributed by atoms with Gasteiger partial charge in [-0.05, 0) is 43.7 Å². The van der Waals surface area contributed by atoms with E-state index in [1.165, 1.54) is 12.1 Å². The molecule has 2 fully saturated rings. The number of aryl methyl sites for hydroxylation is 1. The molecule has 1 aromatic carbocycles. The van der Waals surface area contributed by atoms with E-state index in [1.54, 1.807) is 13.2 Å². The number of imidazole rings is 1. The fourth-order valence-corrected chi connectivity index (χ4v) is 5.07. The van der Waals surface area contributed by atoms with Gasteiger partial charge in [0.25, 0.3) is 5.91 Å². The Labute approximate surface area is 206 Å². The number of halogens is 1. The SMILES string of the molecule is COCCCCn1c(C(=O)N(CC(C)C)C2CNCC(C(=O)N3CCC3)C2)nc2cc(F)ccc21. The number of amides is 2. The van der Waals surface area contributed by atoms with E-state index in [1.807, 2.05) is 14.4 Å². The van der Waals surface area contributed by atoms with Gasteiger partial charge in [0.15, 0.2) is 5.82 Å². The van der Waals surface area contributed by atoms with Gasteiger partial charge in [-0.25, -0.2) is 9.37 Å². The van der Waals surface area contributed by atoms with E-state index in [2.05, 4.69) is 24.1 Å². The van der Waals surface area contributed by atoms with Crippen LogP contribution in [0.15, 0.2) is 18.2 Å². The first-order valence-corrected chi connectivity index (χ1v) is 12.8. The summed E-state index contributed by atoms with van der Waals surface area (Å²) in [6.45, 7) is 8.93. The maximum Gasteiger partial charge on any atom is 0.290 e. The highest BCUT2D eigenvalue weighted by Crippen LogP contribution is 2.25. The lowest BCUT2D eigenvalue weighted by Gasteiger charge is -2.41. The maximum absolute atomic E-state index is 14.0. The molecule has 2 amide bonds. The van der Waals surface area contributed by atoms with Crippen molar-refractivity contribution in [3.63, 3.8) is 0 Å². The third kappa shape index (κ3) is 5.83. The van der Waals surface area contributed by atoms with E-state index in [-0.39, 0.29) is 35.5 Å². The number of hydrogen-bond donors (Lipinski definition) is 1. The van der Waals surface area contributed by atoms with Crippen LogP contribution in [0.1, 0.15) is 50.1 Å². The first-order valence-electron chi connectivity index (χ1n) is 12.8. The highest BCUT2D eigenvalue weighted by Gasteiger charge is 2.37. The van der Waals surface area contributed by atoms with Crippen molar-refractivity contribution in [2.24, 2.45) is 11.8 Å². The number of nitrogens with zero attached hydrogens (tertiary/aromatic N) is 4. The van der Waals surface area contributed by atoms with Crippen LogP contribution in [0.4, 0.5) is 4.39 Å². The largest absolute Gasteiger partial charge is 0.385 e. The average Bonchev–Trinajstić information content (AvgIpc) is 3.16. The van der Waals surface area contributed by atoms with Crippen molar-refractivity contribution in [1.29, 1.82) is 0 Å². The second-order valence-corrected chi connectivity index (χ2v) is 10.2. The zero-order valence-corrected chi connectivity index (χ0v) is 21.1. The molecule has 0 bridgehead atoms. The fourth-order valence-electron chi connectivity index (χ4n) is 5.07. The molecule has 2 aliphatic rings. The van der Waals surface area contributed by atoms with Gasteiger partial charge in [0.2, 0.25) is 5.91 Å². The van der Waals surface area contributed by atoms with Gasteiger partial charge in [-0.1, -0.05) is 13.8 Å². The molecule has 2 saturated heterocycles. The molecule has 2 atom stereocenters. The Morgan fingerprint density at radius 1 is 1.26 bits per heavy atom. The van der Waals surface area contributed by atoms with Crippen molar-refractivity contribution in [3.8, 4) is 0 Å². The number of piperidine rings is 1. The molecule has 1 aromatic heterocycles. The topological polar surface area (TPSA) is 79.7 Å². The molecule has 0 aliphatic carbocycles. The molecule has 9 heteroatoms. The third-order valence-electron chi connectivity index (χ3n) is 6.99. The molecule has 35 heavy (non-hydrogen) atoms. The molecule has 8 nitrogen and oxygen atoms in total. The molecule has 2 aliphatic heterocycles. The number of unbranched alkanes of at least 4 members (excludes halogenated alkanes) is 1. The van der Waals surface area contributed by atoms with Crippen LogP contribution in [0.25, 0.3) is 11.0 Å². The van der Waals surface area contributed by atoms with Gasteiger partial charge in [0, 0.05) is 65.1 Å². The molecule has 0 spiro atoms. The quantitative estimate of drug-likeness (QED) is 0.522. The van der Waals surface area contributed by atoms with Crippen LogP contribution < -0.4 is 5.32 Å². The lowest BCUT2D eigenvalue weighted by molar-refractivity contribution is -0.140. The molecule has 1 N–H and O–H groups in total. The van der Waals surface area contributed by atoms with E-state index in [0.717, 1.165) is 37.9 Å². The number of carbonyl (C=O) groups excluding carboxylic acids is 2. The van der Waals surface area contributed by atoms with Gasteiger partial charge >= 0.3 is 0 Å². The number of carbonyl (C=O) groups is 2. The zero-order chi connectivity index (χ0) is 24.9. The van der Waals surface area contributed by atoms with Crippen LogP contribution in [-0.2, 0) is 16.1 Å². The van der Waals surface area contributed by atoms with Crippen molar-refractivity contribution in [1.82, 2.24) is 24.7 Å². The molecule has 0 radical (unpaired) electrons. The van der Waals surface area contributed by atoms with Crippen molar-refractivity contribution >= 4 is 22.8 Å². The van der Waals surface area contributed by atoms with Crippen molar-refractivity contribution in [3.05, 3.63) is 29.8 Å². The van der Waals surface area contributed by atoms with E-state index < -0.39 is 0 Å². The number of nitrogens with one attached hydrogen (secondary N) is 1. The predicted octanol–water partition coefficient (Wildman–Crippen LogP) is 2.91. The summed E-state index contributed by atoms with van der Waals surface area (Å²) in [5.41, 5.74) is 1.24. The molecular formula is C26H38FN5O3. The summed E-state index contributed by atoms with van der Waals surface area (Å²) in [5, 5.41) is 3.39. The lowest BCUT2D eigenvalue weighted by Crippen LogP contribution is -2.56. The summed E-state index contributed by atoms with van der Waals surface area (Å²) in [7, 11) is 1.67. The number of methoxy groups -OCH3 is 1. The average molecular weight is 488 g/mol. The molecule has 192 valence electrons. The molecular weight excluding hydrogens is 449 g/mol. The standard InChI is InChI=1S/C26H38FN5O3/c1-18(2)17-32(21-13-19(15-28-16-21)25(33)30-9-6-10-30)26(34)24-29-22-14-20(27)7-8-23(22)31(24)11-4-5-12-35-3/h7-8,14,18-19,21,28H,4-6,9-13,15-17H2,1-3H3. The highest BCUT2D eigenvalue weighted by atomic mass is 19.1. The molecule has 2 aromatic rings. The van der Waals surface area contributed by atoms with Crippen LogP contribution in [0.2, 0.25) is 0 Å². The smallest absolute Gasteiger partial charge is 0.290 e. The summed E-state index contributed by atoms with van der Waals surface area (Å²) in [6.07, 6.45) is 3.38. The minimum Gasteiger partial charge on any atom is -0.385 e. The van der Waals surface area contributed by atoms with Gasteiger partial charge in [-0.3, -0.25) is 9.59 Å². The van der Waals surface area contributed by atoms with E-state index >= 15 is 0 Å². The van der Waals surface area contributed by atoms with Crippen molar-refractivity contribution in [2.45, 2.75) is 52.1 Å². The summed E-state index contributed by atoms with van der Waals surface area (Å²) in [5.74, 6) is 0.112. The number of hydrogen-bond acceptors (Lipinski definition) is 5. The van der Waals surface area contributed by atoms with E-state index in [0.29, 0.717) is 50.5 Å². The highest BCUT2D eigenvalue weighted by molar-refractivity contribution is 5.95. The van der Waals surface area contributed by atoms with Crippen LogP contribution >= 0.6 is 0 Å². The molecule has 0 saturated carbocycles. The predicted molar refractivity (Wildman–Crippen MR) is 133 cm³/mol. The van der Waals surface area contributed by atoms with Crippen molar-refractivity contribution < 1.29 is 18.7 Å². The fraction of sp³-hybridized carbons (Fsp3) is 0.654. The first kappa shape index (κ1) is 25.6. The van der Waals surface area contributed by atoms with Gasteiger partial charge in [-0.15, -0.1) is 0 Å². The summed E-state index contributed by atoms with van der Waals surface area (Å²) in [6, 6.07) is 4.38. The van der Waals surface area contributed by atoms with Crippen molar-refractivity contribution in [2.75, 3.05) is 46.4 Å². The summed E-state index contributed by atoms with van der Waals surface area (Å²) >= 11 is 0. The Morgan fingerprint density at radius 3 is 2.74 bits per heavy atom. The van der Waals surface area contributed by atoms with Gasteiger partial charge in [-0.2, -0.15) is 0 Å².